The monoisotopic (exact) mass is 433 g/mol. The molecule has 0 radical (unpaired) electrons. The van der Waals surface area contributed by atoms with E-state index in [1.165, 1.54) is 0 Å². The van der Waals surface area contributed by atoms with Gasteiger partial charge in [0.15, 0.2) is 0 Å². The van der Waals surface area contributed by atoms with Gasteiger partial charge < -0.3 is 19.7 Å². The van der Waals surface area contributed by atoms with Gasteiger partial charge in [-0.1, -0.05) is 26.0 Å². The van der Waals surface area contributed by atoms with Crippen molar-refractivity contribution in [2.75, 3.05) is 39.8 Å². The first kappa shape index (κ1) is 25.0. The second kappa shape index (κ2) is 11.4. The molecule has 2 amide bonds. The summed E-state index contributed by atoms with van der Waals surface area (Å²) in [5.74, 6) is 0.792. The van der Waals surface area contributed by atoms with Crippen LogP contribution in [-0.2, 0) is 9.53 Å². The van der Waals surface area contributed by atoms with Crippen molar-refractivity contribution in [1.82, 2.24) is 15.1 Å². The van der Waals surface area contributed by atoms with E-state index in [9.17, 15) is 9.59 Å². The van der Waals surface area contributed by atoms with Crippen LogP contribution in [0.25, 0.3) is 0 Å². The first-order valence-corrected chi connectivity index (χ1v) is 11.3. The molecule has 1 saturated heterocycles. The average Bonchev–Trinajstić information content (AvgIpc) is 2.75. The van der Waals surface area contributed by atoms with Crippen molar-refractivity contribution in [1.29, 1.82) is 0 Å². The van der Waals surface area contributed by atoms with Crippen LogP contribution in [0.4, 0.5) is 4.79 Å². The van der Waals surface area contributed by atoms with E-state index in [-0.39, 0.29) is 24.0 Å². The Bertz CT molecular complexity index is 720. The Morgan fingerprint density at radius 3 is 2.39 bits per heavy atom. The zero-order valence-electron chi connectivity index (χ0n) is 19.9. The Labute approximate surface area is 187 Å². The van der Waals surface area contributed by atoms with E-state index >= 15 is 0 Å². The number of hydrogen-bond acceptors (Lipinski definition) is 5. The molecule has 0 aliphatic carbocycles. The maximum atomic E-state index is 12.9. The van der Waals surface area contributed by atoms with Crippen LogP contribution in [0.3, 0.4) is 0 Å². The molecule has 7 nitrogen and oxygen atoms in total. The Morgan fingerprint density at radius 2 is 1.84 bits per heavy atom. The average molecular weight is 434 g/mol. The van der Waals surface area contributed by atoms with Crippen LogP contribution in [0.5, 0.6) is 5.75 Å². The van der Waals surface area contributed by atoms with Gasteiger partial charge in [-0.3, -0.25) is 9.69 Å². The molecule has 1 heterocycles. The molecule has 1 atom stereocenters. The minimum atomic E-state index is -0.509. The third-order valence-electron chi connectivity index (χ3n) is 5.72. The quantitative estimate of drug-likeness (QED) is 0.674. The lowest BCUT2D eigenvalue weighted by Crippen LogP contribution is -2.46. The number of carbonyl (C=O) groups excluding carboxylic acids is 2. The predicted octanol–water partition coefficient (Wildman–Crippen LogP) is 3.84. The fourth-order valence-electron chi connectivity index (χ4n) is 3.96. The maximum Gasteiger partial charge on any atom is 0.410 e. The van der Waals surface area contributed by atoms with Crippen LogP contribution in [0.1, 0.15) is 59.1 Å². The summed E-state index contributed by atoms with van der Waals surface area (Å²) in [5, 5.41) is 3.16. The Hall–Kier alpha value is -2.28. The zero-order valence-corrected chi connectivity index (χ0v) is 19.9. The van der Waals surface area contributed by atoms with Gasteiger partial charge in [-0.15, -0.1) is 0 Å². The van der Waals surface area contributed by atoms with E-state index in [4.69, 9.17) is 9.47 Å². The molecule has 1 aromatic carbocycles. The molecule has 7 heteroatoms. The van der Waals surface area contributed by atoms with Crippen molar-refractivity contribution < 1.29 is 19.1 Å². The third-order valence-corrected chi connectivity index (χ3v) is 5.72. The van der Waals surface area contributed by atoms with Gasteiger partial charge in [0.1, 0.15) is 11.4 Å². The highest BCUT2D eigenvalue weighted by Gasteiger charge is 2.30. The van der Waals surface area contributed by atoms with Crippen molar-refractivity contribution >= 4 is 12.0 Å². The number of amides is 2. The van der Waals surface area contributed by atoms with Gasteiger partial charge in [0, 0.05) is 25.6 Å². The number of nitrogens with one attached hydrogen (secondary N) is 1. The standard InChI is InChI=1S/C24H39N3O4/c1-7-26(8-2)21(19-10-9-11-20(16-19)30-6)17-25-22(28)18-12-14-27(15-13-18)23(29)31-24(3,4)5/h9-11,16,18,21H,7-8,12-15,17H2,1-6H3,(H,25,28). The summed E-state index contributed by atoms with van der Waals surface area (Å²) in [6, 6.07) is 8.11. The summed E-state index contributed by atoms with van der Waals surface area (Å²) in [6.45, 7) is 13.3. The second-order valence-electron chi connectivity index (χ2n) is 9.00. The molecule has 1 N–H and O–H groups in total. The van der Waals surface area contributed by atoms with Crippen LogP contribution in [0.15, 0.2) is 24.3 Å². The molecule has 1 fully saturated rings. The Balaban J connectivity index is 1.95. The van der Waals surface area contributed by atoms with Crippen molar-refractivity contribution in [3.8, 4) is 5.75 Å². The number of likely N-dealkylation sites (tertiary alicyclic amines) is 1. The molecule has 1 aliphatic rings. The van der Waals surface area contributed by atoms with Crippen LogP contribution in [0.2, 0.25) is 0 Å². The van der Waals surface area contributed by atoms with Crippen LogP contribution in [-0.4, -0.2) is 67.2 Å². The highest BCUT2D eigenvalue weighted by atomic mass is 16.6. The summed E-state index contributed by atoms with van der Waals surface area (Å²) < 4.78 is 10.8. The van der Waals surface area contributed by atoms with Gasteiger partial charge in [-0.05, 0) is 64.4 Å². The van der Waals surface area contributed by atoms with Crippen molar-refractivity contribution in [2.24, 2.45) is 5.92 Å². The van der Waals surface area contributed by atoms with E-state index in [1.54, 1.807) is 12.0 Å². The Morgan fingerprint density at radius 1 is 1.19 bits per heavy atom. The van der Waals surface area contributed by atoms with E-state index in [1.807, 2.05) is 39.0 Å². The smallest absolute Gasteiger partial charge is 0.410 e. The largest absolute Gasteiger partial charge is 0.497 e. The van der Waals surface area contributed by atoms with Gasteiger partial charge in [0.25, 0.3) is 0 Å². The lowest BCUT2D eigenvalue weighted by atomic mass is 9.95. The van der Waals surface area contributed by atoms with Crippen LogP contribution in [0, 0.1) is 5.92 Å². The minimum absolute atomic E-state index is 0.0592. The third kappa shape index (κ3) is 7.42. The number of hydrogen-bond donors (Lipinski definition) is 1. The van der Waals surface area contributed by atoms with Crippen LogP contribution < -0.4 is 10.1 Å². The molecule has 174 valence electrons. The molecular formula is C24H39N3O4. The van der Waals surface area contributed by atoms with E-state index in [0.29, 0.717) is 32.5 Å². The molecule has 2 rings (SSSR count). The first-order chi connectivity index (χ1) is 14.7. The lowest BCUT2D eigenvalue weighted by molar-refractivity contribution is -0.126. The number of benzene rings is 1. The van der Waals surface area contributed by atoms with E-state index < -0.39 is 5.60 Å². The predicted molar refractivity (Wildman–Crippen MR) is 122 cm³/mol. The lowest BCUT2D eigenvalue weighted by Gasteiger charge is -2.34. The summed E-state index contributed by atoms with van der Waals surface area (Å²) in [6.07, 6.45) is 1.01. The minimum Gasteiger partial charge on any atom is -0.497 e. The van der Waals surface area contributed by atoms with Gasteiger partial charge in [-0.25, -0.2) is 4.79 Å². The van der Waals surface area contributed by atoms with Gasteiger partial charge >= 0.3 is 6.09 Å². The van der Waals surface area contributed by atoms with E-state index in [0.717, 1.165) is 24.4 Å². The molecule has 31 heavy (non-hydrogen) atoms. The fourth-order valence-corrected chi connectivity index (χ4v) is 3.96. The number of nitrogens with zero attached hydrogens (tertiary/aromatic N) is 2. The topological polar surface area (TPSA) is 71.1 Å². The van der Waals surface area contributed by atoms with Crippen molar-refractivity contribution in [2.45, 2.75) is 59.1 Å². The number of piperidine rings is 1. The molecule has 0 bridgehead atoms. The van der Waals surface area contributed by atoms with Crippen molar-refractivity contribution in [3.05, 3.63) is 29.8 Å². The SMILES string of the molecule is CCN(CC)C(CNC(=O)C1CCN(C(=O)OC(C)(C)C)CC1)c1cccc(OC)c1. The number of methoxy groups -OCH3 is 1. The Kier molecular flexibility index (Phi) is 9.16. The number of rotatable bonds is 8. The summed E-state index contributed by atoms with van der Waals surface area (Å²) in [7, 11) is 1.66. The van der Waals surface area contributed by atoms with Gasteiger partial charge in [-0.2, -0.15) is 0 Å². The zero-order chi connectivity index (χ0) is 23.0. The molecule has 0 aromatic heterocycles. The van der Waals surface area contributed by atoms with E-state index in [2.05, 4.69) is 30.1 Å². The second-order valence-corrected chi connectivity index (χ2v) is 9.00. The normalized spacial score (nSPS) is 16.2. The molecule has 1 aromatic rings. The van der Waals surface area contributed by atoms with Crippen molar-refractivity contribution in [3.63, 3.8) is 0 Å². The first-order valence-electron chi connectivity index (χ1n) is 11.3. The molecule has 0 saturated carbocycles. The van der Waals surface area contributed by atoms with Crippen LogP contribution >= 0.6 is 0 Å². The summed E-state index contributed by atoms with van der Waals surface area (Å²) in [4.78, 5) is 29.1. The molecular weight excluding hydrogens is 394 g/mol. The molecule has 1 unspecified atom stereocenters. The van der Waals surface area contributed by atoms with Gasteiger partial charge in [0.2, 0.25) is 5.91 Å². The highest BCUT2D eigenvalue weighted by Crippen LogP contribution is 2.25. The maximum absolute atomic E-state index is 12.9. The number of carbonyl (C=O) groups is 2. The molecule has 0 spiro atoms. The number of likely N-dealkylation sites (N-methyl/N-ethyl adjacent to an activating group) is 1. The highest BCUT2D eigenvalue weighted by molar-refractivity contribution is 5.79. The van der Waals surface area contributed by atoms with Gasteiger partial charge in [0.05, 0.1) is 13.2 Å². The molecule has 1 aliphatic heterocycles. The fraction of sp³-hybridized carbons (Fsp3) is 0.667. The summed E-state index contributed by atoms with van der Waals surface area (Å²) in [5.41, 5.74) is 0.619. The summed E-state index contributed by atoms with van der Waals surface area (Å²) >= 11 is 0. The number of ether oxygens (including phenoxy) is 2.